The van der Waals surface area contributed by atoms with Crippen LogP contribution in [-0.4, -0.2) is 54.5 Å². The monoisotopic (exact) mass is 372 g/mol. The van der Waals surface area contributed by atoms with E-state index in [0.29, 0.717) is 24.4 Å². The topological polar surface area (TPSA) is 107 Å². The van der Waals surface area contributed by atoms with Crippen molar-refractivity contribution < 1.29 is 28.6 Å². The minimum Gasteiger partial charge on any atom is -0.466 e. The first-order valence-electron chi connectivity index (χ1n) is 8.49. The van der Waals surface area contributed by atoms with Gasteiger partial charge in [-0.05, 0) is 18.1 Å². The number of H-pyrrole nitrogens is 1. The molecule has 1 aromatic carbocycles. The van der Waals surface area contributed by atoms with Gasteiger partial charge in [-0.2, -0.15) is 0 Å². The number of esters is 3. The van der Waals surface area contributed by atoms with Crippen LogP contribution in [0.4, 0.5) is 0 Å². The lowest BCUT2D eigenvalue weighted by Gasteiger charge is -2.27. The second kappa shape index (κ2) is 7.61. The van der Waals surface area contributed by atoms with Crippen LogP contribution < -0.4 is 0 Å². The van der Waals surface area contributed by atoms with E-state index in [4.69, 9.17) is 14.2 Å². The van der Waals surface area contributed by atoms with Gasteiger partial charge in [0.05, 0.1) is 12.8 Å². The number of rotatable bonds is 5. The Kier molecular flexibility index (Phi) is 5.25. The normalized spacial score (nSPS) is 15.3. The molecular formula is C19H20N2O6. The molecule has 0 saturated carbocycles. The third-order valence-corrected chi connectivity index (χ3v) is 4.28. The molecule has 0 aliphatic carbocycles. The maximum atomic E-state index is 12.2. The van der Waals surface area contributed by atoms with Gasteiger partial charge in [0.2, 0.25) is 6.10 Å². The van der Waals surface area contributed by atoms with E-state index in [2.05, 4.69) is 9.98 Å². The fourth-order valence-corrected chi connectivity index (χ4v) is 3.25. The molecule has 0 spiro atoms. The summed E-state index contributed by atoms with van der Waals surface area (Å²) >= 11 is 0. The van der Waals surface area contributed by atoms with E-state index in [9.17, 15) is 14.4 Å². The van der Waals surface area contributed by atoms with Gasteiger partial charge in [0.1, 0.15) is 5.71 Å². The molecule has 0 amide bonds. The number of hydrogen-bond acceptors (Lipinski definition) is 7. The second-order valence-electron chi connectivity index (χ2n) is 6.12. The summed E-state index contributed by atoms with van der Waals surface area (Å²) in [6.07, 6.45) is -1.97. The van der Waals surface area contributed by atoms with Crippen LogP contribution in [0, 0.1) is 0 Å². The highest BCUT2D eigenvalue weighted by atomic mass is 16.6. The fraction of sp³-hybridized carbons (Fsp3) is 0.368. The van der Waals surface area contributed by atoms with Crippen molar-refractivity contribution in [2.75, 3.05) is 13.7 Å². The predicted octanol–water partition coefficient (Wildman–Crippen LogP) is 1.55. The van der Waals surface area contributed by atoms with Crippen LogP contribution >= 0.6 is 0 Å². The van der Waals surface area contributed by atoms with Crippen molar-refractivity contribution in [3.8, 4) is 0 Å². The molecule has 0 bridgehead atoms. The van der Waals surface area contributed by atoms with Gasteiger partial charge in [-0.3, -0.25) is 14.6 Å². The molecule has 2 aromatic rings. The summed E-state index contributed by atoms with van der Waals surface area (Å²) in [5, 5.41) is 1.03. The summed E-state index contributed by atoms with van der Waals surface area (Å²) in [7, 11) is 1.17. The van der Waals surface area contributed by atoms with Crippen molar-refractivity contribution in [2.24, 2.45) is 4.99 Å². The Morgan fingerprint density at radius 1 is 1.11 bits per heavy atom. The first kappa shape index (κ1) is 18.6. The molecule has 3 rings (SSSR count). The zero-order valence-electron chi connectivity index (χ0n) is 15.3. The molecule has 2 heterocycles. The number of benzene rings is 1. The number of fused-ring (bicyclic) bond motifs is 3. The van der Waals surface area contributed by atoms with Gasteiger partial charge in [0.15, 0.2) is 6.10 Å². The number of methoxy groups -OCH3 is 1. The smallest absolute Gasteiger partial charge is 0.351 e. The van der Waals surface area contributed by atoms with Crippen LogP contribution in [0.25, 0.3) is 10.9 Å². The highest BCUT2D eigenvalue weighted by Gasteiger charge is 2.41. The van der Waals surface area contributed by atoms with Crippen molar-refractivity contribution in [2.45, 2.75) is 32.5 Å². The number of hydrogen-bond donors (Lipinski definition) is 1. The number of carbonyl (C=O) groups is 3. The molecule has 0 radical (unpaired) electrons. The van der Waals surface area contributed by atoms with E-state index < -0.39 is 30.1 Å². The average Bonchev–Trinajstić information content (AvgIpc) is 3.02. The molecule has 8 heteroatoms. The van der Waals surface area contributed by atoms with Crippen molar-refractivity contribution in [3.63, 3.8) is 0 Å². The van der Waals surface area contributed by atoms with Gasteiger partial charge in [-0.1, -0.05) is 18.2 Å². The van der Waals surface area contributed by atoms with E-state index >= 15 is 0 Å². The summed E-state index contributed by atoms with van der Waals surface area (Å²) in [6.45, 7) is 2.83. The van der Waals surface area contributed by atoms with E-state index in [0.717, 1.165) is 23.4 Å². The van der Waals surface area contributed by atoms with Gasteiger partial charge in [0, 0.05) is 31.3 Å². The average molecular weight is 372 g/mol. The van der Waals surface area contributed by atoms with Crippen LogP contribution in [0.15, 0.2) is 29.3 Å². The summed E-state index contributed by atoms with van der Waals surface area (Å²) in [5.41, 5.74) is 2.93. The number of aromatic nitrogens is 1. The Bertz CT molecular complexity index is 929. The lowest BCUT2D eigenvalue weighted by molar-refractivity contribution is -0.174. The van der Waals surface area contributed by atoms with Crippen molar-refractivity contribution >= 4 is 34.5 Å². The lowest BCUT2D eigenvalue weighted by Crippen LogP contribution is -2.47. The molecule has 8 nitrogen and oxygen atoms in total. The molecular weight excluding hydrogens is 352 g/mol. The van der Waals surface area contributed by atoms with Gasteiger partial charge in [-0.15, -0.1) is 0 Å². The Balaban J connectivity index is 2.10. The SMILES string of the molecule is COC(=O)[C@H](OC(C)=O)[C@@H](OC(C)=O)C1=NCCc2c1[nH]c1ccccc21. The number of carbonyl (C=O) groups excluding carboxylic acids is 3. The quantitative estimate of drug-likeness (QED) is 0.630. The van der Waals surface area contributed by atoms with Gasteiger partial charge in [-0.25, -0.2) is 4.79 Å². The van der Waals surface area contributed by atoms with Crippen LogP contribution in [0.3, 0.4) is 0 Å². The van der Waals surface area contributed by atoms with Crippen LogP contribution in [-0.2, 0) is 35.0 Å². The molecule has 1 aromatic heterocycles. The minimum absolute atomic E-state index is 0.347. The highest BCUT2D eigenvalue weighted by Crippen LogP contribution is 2.28. The zero-order chi connectivity index (χ0) is 19.6. The van der Waals surface area contributed by atoms with Gasteiger partial charge >= 0.3 is 17.9 Å². The van der Waals surface area contributed by atoms with Crippen molar-refractivity contribution in [1.29, 1.82) is 0 Å². The van der Waals surface area contributed by atoms with E-state index in [1.807, 2.05) is 24.3 Å². The molecule has 0 saturated heterocycles. The Morgan fingerprint density at radius 2 is 1.81 bits per heavy atom. The summed E-state index contributed by atoms with van der Waals surface area (Å²) in [4.78, 5) is 43.2. The van der Waals surface area contributed by atoms with Gasteiger partial charge < -0.3 is 19.2 Å². The molecule has 27 heavy (non-hydrogen) atoms. The first-order valence-corrected chi connectivity index (χ1v) is 8.49. The Morgan fingerprint density at radius 3 is 2.48 bits per heavy atom. The molecule has 1 N–H and O–H groups in total. The fourth-order valence-electron chi connectivity index (χ4n) is 3.25. The largest absolute Gasteiger partial charge is 0.466 e. The van der Waals surface area contributed by atoms with Crippen LogP contribution in [0.2, 0.25) is 0 Å². The molecule has 142 valence electrons. The molecule has 2 atom stereocenters. The number of nitrogens with one attached hydrogen (secondary N) is 1. The van der Waals surface area contributed by atoms with Crippen molar-refractivity contribution in [1.82, 2.24) is 4.98 Å². The lowest BCUT2D eigenvalue weighted by atomic mass is 9.97. The number of aromatic amines is 1. The number of ether oxygens (including phenoxy) is 3. The maximum absolute atomic E-state index is 12.2. The molecule has 1 aliphatic rings. The highest BCUT2D eigenvalue weighted by molar-refractivity contribution is 6.11. The Hall–Kier alpha value is -3.16. The van der Waals surface area contributed by atoms with Gasteiger partial charge in [0.25, 0.3) is 0 Å². The van der Waals surface area contributed by atoms with E-state index in [-0.39, 0.29) is 0 Å². The summed E-state index contributed by atoms with van der Waals surface area (Å²) in [6, 6.07) is 7.75. The maximum Gasteiger partial charge on any atom is 0.351 e. The van der Waals surface area contributed by atoms with Crippen LogP contribution in [0.5, 0.6) is 0 Å². The summed E-state index contributed by atoms with van der Waals surface area (Å²) in [5.74, 6) is -2.16. The molecule has 0 fully saturated rings. The second-order valence-corrected chi connectivity index (χ2v) is 6.12. The first-order chi connectivity index (χ1) is 12.9. The Labute approximate surface area is 155 Å². The number of para-hydroxylation sites is 1. The third kappa shape index (κ3) is 3.69. The van der Waals surface area contributed by atoms with E-state index in [1.165, 1.54) is 14.0 Å². The number of nitrogens with zero attached hydrogens (tertiary/aromatic N) is 1. The zero-order valence-corrected chi connectivity index (χ0v) is 15.3. The predicted molar refractivity (Wildman–Crippen MR) is 96.5 cm³/mol. The minimum atomic E-state index is -1.45. The van der Waals surface area contributed by atoms with Crippen molar-refractivity contribution in [3.05, 3.63) is 35.5 Å². The molecule has 1 aliphatic heterocycles. The summed E-state index contributed by atoms with van der Waals surface area (Å²) < 4.78 is 15.2. The number of aliphatic imine (C=N–C) groups is 1. The molecule has 0 unspecified atom stereocenters. The third-order valence-electron chi connectivity index (χ3n) is 4.28. The standard InChI is InChI=1S/C19H20N2O6/c1-10(22)26-17(18(19(24)25-3)27-11(2)23)16-15-13(8-9-20-16)12-6-4-5-7-14(12)21-15/h4-7,17-18,21H,8-9H2,1-3H3/t17-,18+/m0/s1. The van der Waals surface area contributed by atoms with E-state index in [1.54, 1.807) is 0 Å². The van der Waals surface area contributed by atoms with Crippen LogP contribution in [0.1, 0.15) is 25.1 Å².